The Hall–Kier alpha value is -3.41. The molecule has 1 N–H and O–H groups in total. The number of hydrogen-bond donors (Lipinski definition) is 1. The van der Waals surface area contributed by atoms with Gasteiger partial charge in [0.15, 0.2) is 11.5 Å². The third kappa shape index (κ3) is 3.91. The third-order valence-corrected chi connectivity index (χ3v) is 6.77. The number of nitriles is 1. The first-order chi connectivity index (χ1) is 16.5. The summed E-state index contributed by atoms with van der Waals surface area (Å²) in [6.07, 6.45) is 2.65. The fourth-order valence-corrected chi connectivity index (χ4v) is 4.94. The minimum atomic E-state index is -0.293. The molecule has 0 bridgehead atoms. The highest BCUT2D eigenvalue weighted by molar-refractivity contribution is 5.86. The summed E-state index contributed by atoms with van der Waals surface area (Å²) in [5.74, 6) is 1.47. The van der Waals surface area contributed by atoms with Gasteiger partial charge in [-0.3, -0.25) is 10.00 Å². The van der Waals surface area contributed by atoms with Crippen molar-refractivity contribution in [2.45, 2.75) is 25.7 Å². The fraction of sp³-hybridized carbons (Fsp3) is 0.423. The Morgan fingerprint density at radius 3 is 2.74 bits per heavy atom. The lowest BCUT2D eigenvalue weighted by molar-refractivity contribution is 0.0357. The van der Waals surface area contributed by atoms with Crippen LogP contribution in [0.3, 0.4) is 0 Å². The number of benzene rings is 1. The molecule has 0 radical (unpaired) electrons. The number of nitrogens with zero attached hydrogens (tertiary/aromatic N) is 4. The minimum Gasteiger partial charge on any atom is -0.493 e. The number of methoxy groups -OCH3 is 1. The van der Waals surface area contributed by atoms with E-state index < -0.39 is 0 Å². The topological polar surface area (TPSA) is 96.3 Å². The summed E-state index contributed by atoms with van der Waals surface area (Å²) in [6.45, 7) is 9.61. The molecule has 34 heavy (non-hydrogen) atoms. The van der Waals surface area contributed by atoms with E-state index in [9.17, 15) is 0 Å². The fourth-order valence-electron chi connectivity index (χ4n) is 4.94. The summed E-state index contributed by atoms with van der Waals surface area (Å²) in [6, 6.07) is 9.83. The molecule has 0 spiro atoms. The second-order valence-electron chi connectivity index (χ2n) is 9.20. The van der Waals surface area contributed by atoms with E-state index in [0.29, 0.717) is 18.1 Å². The smallest absolute Gasteiger partial charge is 0.161 e. The van der Waals surface area contributed by atoms with E-state index in [4.69, 9.17) is 19.5 Å². The minimum absolute atomic E-state index is 0.293. The maximum absolute atomic E-state index is 9.07. The molecule has 2 aromatic heterocycles. The average Bonchev–Trinajstić information content (AvgIpc) is 3.40. The van der Waals surface area contributed by atoms with E-state index in [1.807, 2.05) is 12.1 Å². The van der Waals surface area contributed by atoms with Crippen molar-refractivity contribution in [3.63, 3.8) is 0 Å². The highest BCUT2D eigenvalue weighted by atomic mass is 16.5. The molecule has 176 valence electrons. The lowest BCUT2D eigenvalue weighted by Gasteiger charge is -2.26. The number of fused-ring (bicyclic) bond motifs is 3. The Labute approximate surface area is 199 Å². The second-order valence-corrected chi connectivity index (χ2v) is 9.20. The van der Waals surface area contributed by atoms with E-state index in [0.717, 1.165) is 73.1 Å². The first-order valence-electron chi connectivity index (χ1n) is 11.6. The summed E-state index contributed by atoms with van der Waals surface area (Å²) < 4.78 is 17.3. The largest absolute Gasteiger partial charge is 0.493 e. The molecule has 2 aliphatic rings. The molecule has 1 saturated heterocycles. The maximum Gasteiger partial charge on any atom is 0.161 e. The van der Waals surface area contributed by atoms with Crippen LogP contribution < -0.4 is 9.47 Å². The molecule has 8 heteroatoms. The monoisotopic (exact) mass is 459 g/mol. The molecule has 1 aliphatic carbocycles. The summed E-state index contributed by atoms with van der Waals surface area (Å²) in [5.41, 5.74) is 6.15. The first kappa shape index (κ1) is 22.4. The summed E-state index contributed by atoms with van der Waals surface area (Å²) in [4.78, 5) is 6.64. The number of hydrogen-bond acceptors (Lipinski definition) is 7. The SMILES string of the molecule is COc1cc2c(cc1OCCCN1CCOCC1)C(C)(C)c1c(-c3ccc(C#N)nc3)n[nH]c1-2. The first-order valence-corrected chi connectivity index (χ1v) is 11.6. The Kier molecular flexibility index (Phi) is 5.98. The maximum atomic E-state index is 9.07. The quantitative estimate of drug-likeness (QED) is 0.538. The Morgan fingerprint density at radius 2 is 2.03 bits per heavy atom. The van der Waals surface area contributed by atoms with Gasteiger partial charge < -0.3 is 14.2 Å². The molecule has 0 amide bonds. The van der Waals surface area contributed by atoms with Crippen LogP contribution in [0, 0.1) is 11.3 Å². The molecule has 5 rings (SSSR count). The molecule has 8 nitrogen and oxygen atoms in total. The van der Waals surface area contributed by atoms with Gasteiger partial charge in [-0.2, -0.15) is 10.4 Å². The summed E-state index contributed by atoms with van der Waals surface area (Å²) in [7, 11) is 1.67. The van der Waals surface area contributed by atoms with Crippen LogP contribution in [0.4, 0.5) is 0 Å². The van der Waals surface area contributed by atoms with E-state index >= 15 is 0 Å². The standard InChI is InChI=1S/C26H29N5O3/c1-26(2)20-14-22(34-10-4-7-31-8-11-33-12-9-31)21(32-3)13-19(20)25-23(26)24(29-30-25)17-5-6-18(15-27)28-16-17/h5-6,13-14,16H,4,7-12H2,1-3H3,(H,29,30). The van der Waals surface area contributed by atoms with Gasteiger partial charge in [0.2, 0.25) is 0 Å². The van der Waals surface area contributed by atoms with Crippen LogP contribution in [0.5, 0.6) is 11.5 Å². The van der Waals surface area contributed by atoms with Crippen LogP contribution in [0.2, 0.25) is 0 Å². The molecule has 3 heterocycles. The zero-order valence-electron chi connectivity index (χ0n) is 19.9. The predicted octanol–water partition coefficient (Wildman–Crippen LogP) is 3.76. The highest BCUT2D eigenvalue weighted by Gasteiger charge is 2.41. The molecule has 1 fully saturated rings. The van der Waals surface area contributed by atoms with Gasteiger partial charge in [0.25, 0.3) is 0 Å². The molecular weight excluding hydrogens is 430 g/mol. The van der Waals surface area contributed by atoms with Gasteiger partial charge >= 0.3 is 0 Å². The zero-order valence-corrected chi connectivity index (χ0v) is 19.9. The number of nitrogens with one attached hydrogen (secondary N) is 1. The van der Waals surface area contributed by atoms with Gasteiger partial charge in [-0.05, 0) is 36.2 Å². The predicted molar refractivity (Wildman–Crippen MR) is 128 cm³/mol. The lowest BCUT2D eigenvalue weighted by atomic mass is 9.81. The van der Waals surface area contributed by atoms with Crippen molar-refractivity contribution in [3.05, 3.63) is 47.3 Å². The van der Waals surface area contributed by atoms with Crippen molar-refractivity contribution in [3.8, 4) is 40.1 Å². The van der Waals surface area contributed by atoms with E-state index in [2.05, 4.69) is 46.1 Å². The number of rotatable bonds is 7. The number of aromatic nitrogens is 3. The van der Waals surface area contributed by atoms with Gasteiger partial charge in [0.05, 0.1) is 38.3 Å². The van der Waals surface area contributed by atoms with Crippen molar-refractivity contribution >= 4 is 0 Å². The number of morpholine rings is 1. The molecule has 3 aromatic rings. The molecule has 0 atom stereocenters. The van der Waals surface area contributed by atoms with E-state index in [-0.39, 0.29) is 5.41 Å². The summed E-state index contributed by atoms with van der Waals surface area (Å²) >= 11 is 0. The number of pyridine rings is 1. The van der Waals surface area contributed by atoms with Crippen LogP contribution in [0.15, 0.2) is 30.5 Å². The Bertz CT molecular complexity index is 1220. The van der Waals surface area contributed by atoms with Crippen molar-refractivity contribution in [2.24, 2.45) is 0 Å². The molecular formula is C26H29N5O3. The Morgan fingerprint density at radius 1 is 1.21 bits per heavy atom. The van der Waals surface area contributed by atoms with Crippen molar-refractivity contribution < 1.29 is 14.2 Å². The van der Waals surface area contributed by atoms with Gasteiger partial charge in [0.1, 0.15) is 11.8 Å². The zero-order chi connectivity index (χ0) is 23.7. The van der Waals surface area contributed by atoms with Gasteiger partial charge in [-0.15, -0.1) is 0 Å². The van der Waals surface area contributed by atoms with Gasteiger partial charge in [-0.25, -0.2) is 4.98 Å². The highest BCUT2D eigenvalue weighted by Crippen LogP contribution is 2.53. The number of aromatic amines is 1. The van der Waals surface area contributed by atoms with Crippen LogP contribution >= 0.6 is 0 Å². The second kappa shape index (κ2) is 9.09. The molecule has 0 saturated carbocycles. The van der Waals surface area contributed by atoms with Gasteiger partial charge in [0, 0.05) is 47.9 Å². The molecule has 0 unspecified atom stereocenters. The number of H-pyrrole nitrogens is 1. The molecule has 1 aromatic carbocycles. The van der Waals surface area contributed by atoms with Crippen LogP contribution in [0.25, 0.3) is 22.5 Å². The van der Waals surface area contributed by atoms with E-state index in [1.165, 1.54) is 5.56 Å². The van der Waals surface area contributed by atoms with Crippen molar-refractivity contribution in [2.75, 3.05) is 46.6 Å². The van der Waals surface area contributed by atoms with E-state index in [1.54, 1.807) is 19.4 Å². The normalized spacial score (nSPS) is 16.5. The molecule has 1 aliphatic heterocycles. The summed E-state index contributed by atoms with van der Waals surface area (Å²) in [5, 5.41) is 16.9. The number of ether oxygens (including phenoxy) is 3. The van der Waals surface area contributed by atoms with Crippen LogP contribution in [0.1, 0.15) is 37.1 Å². The van der Waals surface area contributed by atoms with Gasteiger partial charge in [-0.1, -0.05) is 13.8 Å². The lowest BCUT2D eigenvalue weighted by Crippen LogP contribution is -2.37. The van der Waals surface area contributed by atoms with Crippen LogP contribution in [-0.4, -0.2) is 66.6 Å². The Balaban J connectivity index is 1.40. The van der Waals surface area contributed by atoms with Crippen molar-refractivity contribution in [1.82, 2.24) is 20.1 Å². The van der Waals surface area contributed by atoms with Crippen LogP contribution in [-0.2, 0) is 10.2 Å². The average molecular weight is 460 g/mol. The third-order valence-electron chi connectivity index (χ3n) is 6.77. The van der Waals surface area contributed by atoms with Crippen molar-refractivity contribution in [1.29, 1.82) is 5.26 Å².